The fraction of sp³-hybridized carbons (Fsp3) is 0.0833. The van der Waals surface area contributed by atoms with Gasteiger partial charge >= 0.3 is 0 Å². The van der Waals surface area contributed by atoms with Crippen LogP contribution in [0.5, 0.6) is 0 Å². The molecule has 0 spiro atoms. The lowest BCUT2D eigenvalue weighted by Crippen LogP contribution is -2.30. The summed E-state index contributed by atoms with van der Waals surface area (Å²) in [4.78, 5) is 19.1. The number of sulfone groups is 1. The van der Waals surface area contributed by atoms with E-state index in [0.29, 0.717) is 10.8 Å². The maximum atomic E-state index is 13.3. The van der Waals surface area contributed by atoms with E-state index in [2.05, 4.69) is 4.98 Å². The largest absolute Gasteiger partial charge is 0.439 e. The average Bonchev–Trinajstić information content (AvgIpc) is 3.30. The highest BCUT2D eigenvalue weighted by Crippen LogP contribution is 2.25. The lowest BCUT2D eigenvalue weighted by Gasteiger charge is -2.20. The van der Waals surface area contributed by atoms with E-state index in [1.165, 1.54) is 29.2 Å². The lowest BCUT2D eigenvalue weighted by molar-refractivity contribution is 0.0952. The SMILES string of the molecule is Cc1ccc(S(=O)(=O)c2ccc(C(=O)N(Cc3ccc(Cl)cc3)c3ccccn3)o2)cc1. The Balaban J connectivity index is 1.66. The zero-order valence-electron chi connectivity index (χ0n) is 17.1. The van der Waals surface area contributed by atoms with E-state index in [4.69, 9.17) is 16.0 Å². The molecule has 8 heteroatoms. The number of aromatic nitrogens is 1. The molecule has 1 amide bonds. The first-order valence-electron chi connectivity index (χ1n) is 9.73. The van der Waals surface area contributed by atoms with Crippen molar-refractivity contribution in [3.63, 3.8) is 0 Å². The Morgan fingerprint density at radius 1 is 0.969 bits per heavy atom. The van der Waals surface area contributed by atoms with Gasteiger partial charge in [0.05, 0.1) is 11.4 Å². The number of aryl methyl sites for hydroxylation is 1. The van der Waals surface area contributed by atoms with Crippen molar-refractivity contribution in [2.24, 2.45) is 0 Å². The number of carbonyl (C=O) groups is 1. The smallest absolute Gasteiger partial charge is 0.295 e. The van der Waals surface area contributed by atoms with Gasteiger partial charge in [0.2, 0.25) is 14.9 Å². The topological polar surface area (TPSA) is 80.5 Å². The molecule has 6 nitrogen and oxygen atoms in total. The number of carbonyl (C=O) groups excluding carboxylic acids is 1. The van der Waals surface area contributed by atoms with Gasteiger partial charge in [-0.3, -0.25) is 9.69 Å². The molecule has 0 saturated carbocycles. The van der Waals surface area contributed by atoms with Gasteiger partial charge in [0, 0.05) is 11.2 Å². The summed E-state index contributed by atoms with van der Waals surface area (Å²) in [6.45, 7) is 2.07. The number of amides is 1. The summed E-state index contributed by atoms with van der Waals surface area (Å²) in [5.41, 5.74) is 1.76. The van der Waals surface area contributed by atoms with Gasteiger partial charge < -0.3 is 4.42 Å². The van der Waals surface area contributed by atoms with E-state index in [9.17, 15) is 13.2 Å². The summed E-state index contributed by atoms with van der Waals surface area (Å²) >= 11 is 5.96. The molecule has 2 aromatic heterocycles. The molecule has 0 aliphatic rings. The Labute approximate surface area is 191 Å². The predicted molar refractivity (Wildman–Crippen MR) is 122 cm³/mol. The number of halogens is 1. The van der Waals surface area contributed by atoms with Gasteiger partial charge in [-0.05, 0) is 61.0 Å². The molecule has 2 aromatic carbocycles. The molecular weight excluding hydrogens is 448 g/mol. The maximum Gasteiger partial charge on any atom is 0.295 e. The van der Waals surface area contributed by atoms with Crippen LogP contribution in [0.25, 0.3) is 0 Å². The highest BCUT2D eigenvalue weighted by Gasteiger charge is 2.27. The van der Waals surface area contributed by atoms with Gasteiger partial charge in [-0.2, -0.15) is 0 Å². The molecule has 162 valence electrons. The van der Waals surface area contributed by atoms with Gasteiger partial charge in [-0.15, -0.1) is 0 Å². The highest BCUT2D eigenvalue weighted by atomic mass is 35.5. The molecule has 2 heterocycles. The first-order valence-corrected chi connectivity index (χ1v) is 11.6. The minimum atomic E-state index is -3.89. The molecule has 0 aliphatic heterocycles. The second-order valence-corrected chi connectivity index (χ2v) is 9.46. The van der Waals surface area contributed by atoms with Crippen LogP contribution in [0, 0.1) is 6.92 Å². The molecule has 0 fully saturated rings. The molecule has 0 saturated heterocycles. The number of anilines is 1. The zero-order chi connectivity index (χ0) is 22.7. The minimum absolute atomic E-state index is 0.0965. The first-order chi connectivity index (χ1) is 15.3. The Hall–Kier alpha value is -3.42. The van der Waals surface area contributed by atoms with Crippen molar-refractivity contribution in [1.82, 2.24) is 4.98 Å². The molecule has 32 heavy (non-hydrogen) atoms. The summed E-state index contributed by atoms with van der Waals surface area (Å²) in [7, 11) is -3.89. The standard InChI is InChI=1S/C24H19ClN2O4S/c1-17-5-11-20(12-6-17)32(29,30)23-14-13-21(31-23)24(28)27(22-4-2-3-15-26-22)16-18-7-9-19(25)10-8-18/h2-15H,16H2,1H3. The van der Waals surface area contributed by atoms with E-state index in [1.54, 1.807) is 60.8 Å². The Morgan fingerprint density at radius 3 is 2.34 bits per heavy atom. The molecule has 4 rings (SSSR count). The van der Waals surface area contributed by atoms with E-state index < -0.39 is 15.7 Å². The number of nitrogens with zero attached hydrogens (tertiary/aromatic N) is 2. The molecule has 0 N–H and O–H groups in total. The number of hydrogen-bond acceptors (Lipinski definition) is 5. The van der Waals surface area contributed by atoms with Crippen LogP contribution in [-0.4, -0.2) is 19.3 Å². The van der Waals surface area contributed by atoms with E-state index in [1.807, 2.05) is 6.92 Å². The first kappa shape index (κ1) is 21.8. The van der Waals surface area contributed by atoms with E-state index in [0.717, 1.165) is 11.1 Å². The third kappa shape index (κ3) is 4.59. The second kappa shape index (κ2) is 8.98. The molecule has 0 unspecified atom stereocenters. The Kier molecular flexibility index (Phi) is 6.12. The molecule has 0 bridgehead atoms. The van der Waals surface area contributed by atoms with Gasteiger partial charge in [-0.25, -0.2) is 13.4 Å². The number of rotatable bonds is 6. The lowest BCUT2D eigenvalue weighted by atomic mass is 10.2. The summed E-state index contributed by atoms with van der Waals surface area (Å²) in [5.74, 6) is -0.203. The van der Waals surface area contributed by atoms with Crippen molar-refractivity contribution >= 4 is 33.2 Å². The van der Waals surface area contributed by atoms with Crippen LogP contribution in [0.2, 0.25) is 5.02 Å². The third-order valence-corrected chi connectivity index (χ3v) is 6.71. The van der Waals surface area contributed by atoms with Crippen LogP contribution in [0.1, 0.15) is 21.7 Å². The third-order valence-electron chi connectivity index (χ3n) is 4.81. The van der Waals surface area contributed by atoms with Crippen molar-refractivity contribution in [1.29, 1.82) is 0 Å². The summed E-state index contributed by atoms with van der Waals surface area (Å²) in [6, 6.07) is 21.4. The fourth-order valence-corrected chi connectivity index (χ4v) is 4.39. The second-order valence-electron chi connectivity index (χ2n) is 7.14. The van der Waals surface area contributed by atoms with Gasteiger partial charge in [0.15, 0.2) is 5.76 Å². The monoisotopic (exact) mass is 466 g/mol. The maximum absolute atomic E-state index is 13.3. The molecule has 0 aliphatic carbocycles. The Morgan fingerprint density at radius 2 is 1.69 bits per heavy atom. The quantitative estimate of drug-likeness (QED) is 0.384. The van der Waals surface area contributed by atoms with Crippen molar-refractivity contribution in [2.75, 3.05) is 4.90 Å². The molecule has 0 atom stereocenters. The highest BCUT2D eigenvalue weighted by molar-refractivity contribution is 7.91. The number of hydrogen-bond donors (Lipinski definition) is 0. The van der Waals surface area contributed by atoms with E-state index in [-0.39, 0.29) is 22.3 Å². The van der Waals surface area contributed by atoms with Gasteiger partial charge in [0.25, 0.3) is 5.91 Å². The zero-order valence-corrected chi connectivity index (χ0v) is 18.7. The number of furan rings is 1. The van der Waals surface area contributed by atoms with Gasteiger partial charge in [0.1, 0.15) is 5.82 Å². The summed E-state index contributed by atoms with van der Waals surface area (Å²) in [5, 5.41) is 0.290. The van der Waals surface area contributed by atoms with Crippen LogP contribution in [-0.2, 0) is 16.4 Å². The normalized spacial score (nSPS) is 11.3. The molecule has 4 aromatic rings. The number of benzene rings is 2. The van der Waals surface area contributed by atoms with Crippen molar-refractivity contribution in [3.05, 3.63) is 107 Å². The summed E-state index contributed by atoms with van der Waals surface area (Å²) in [6.07, 6.45) is 1.58. The molecular formula is C24H19ClN2O4S. The van der Waals surface area contributed by atoms with Crippen LogP contribution in [0.4, 0.5) is 5.82 Å². The average molecular weight is 467 g/mol. The Bertz CT molecular complexity index is 1330. The number of pyridine rings is 1. The molecule has 0 radical (unpaired) electrons. The predicted octanol–water partition coefficient (Wildman–Crippen LogP) is 5.32. The summed E-state index contributed by atoms with van der Waals surface area (Å²) < 4.78 is 31.3. The van der Waals surface area contributed by atoms with Crippen LogP contribution in [0.3, 0.4) is 0 Å². The van der Waals surface area contributed by atoms with E-state index >= 15 is 0 Å². The van der Waals surface area contributed by atoms with Crippen molar-refractivity contribution < 1.29 is 17.6 Å². The fourth-order valence-electron chi connectivity index (χ4n) is 3.09. The van der Waals surface area contributed by atoms with Crippen LogP contribution < -0.4 is 4.90 Å². The van der Waals surface area contributed by atoms with Crippen molar-refractivity contribution in [2.45, 2.75) is 23.5 Å². The van der Waals surface area contributed by atoms with Crippen LogP contribution >= 0.6 is 11.6 Å². The van der Waals surface area contributed by atoms with Crippen molar-refractivity contribution in [3.8, 4) is 0 Å². The van der Waals surface area contributed by atoms with Gasteiger partial charge in [-0.1, -0.05) is 47.5 Å². The minimum Gasteiger partial charge on any atom is -0.439 e. The van der Waals surface area contributed by atoms with Crippen LogP contribution in [0.15, 0.2) is 99.5 Å².